The topological polar surface area (TPSA) is 51.6 Å². The highest BCUT2D eigenvalue weighted by Gasteiger charge is 2.33. The molecule has 6 heteroatoms. The van der Waals surface area contributed by atoms with Crippen LogP contribution in [0.15, 0.2) is 36.0 Å². The number of halogens is 1. The maximum absolute atomic E-state index is 6.64. The van der Waals surface area contributed by atoms with Crippen molar-refractivity contribution < 1.29 is 0 Å². The Hall–Kier alpha value is -1.20. The molecule has 100 valence electrons. The number of hydrogen-bond donors (Lipinski definition) is 0. The highest BCUT2D eigenvalue weighted by atomic mass is 35.5. The number of thioether (sulfide) groups is 1. The number of hydrogen-bond acceptors (Lipinski definition) is 5. The number of aryl methyl sites for hydroxylation is 1. The van der Waals surface area contributed by atoms with Gasteiger partial charge in [-0.2, -0.15) is 0 Å². The van der Waals surface area contributed by atoms with E-state index in [1.165, 1.54) is 11.8 Å². The Kier molecular flexibility index (Phi) is 4.37. The molecule has 0 aliphatic rings. The lowest BCUT2D eigenvalue weighted by Gasteiger charge is -2.27. The van der Waals surface area contributed by atoms with Gasteiger partial charge in [-0.3, -0.25) is 9.97 Å². The summed E-state index contributed by atoms with van der Waals surface area (Å²) < 4.78 is 0. The molecule has 0 saturated carbocycles. The van der Waals surface area contributed by atoms with Gasteiger partial charge in [-0.25, -0.2) is 9.97 Å². The molecule has 2 rings (SSSR count). The monoisotopic (exact) mass is 294 g/mol. The van der Waals surface area contributed by atoms with Gasteiger partial charge in [0.15, 0.2) is 5.16 Å². The van der Waals surface area contributed by atoms with Crippen LogP contribution in [0.3, 0.4) is 0 Å². The molecular weight excluding hydrogens is 280 g/mol. The summed E-state index contributed by atoms with van der Waals surface area (Å²) in [7, 11) is 0. The van der Waals surface area contributed by atoms with Gasteiger partial charge in [-0.1, -0.05) is 18.7 Å². The molecule has 2 aromatic rings. The molecule has 0 saturated heterocycles. The second-order valence-corrected chi connectivity index (χ2v) is 6.50. The summed E-state index contributed by atoms with van der Waals surface area (Å²) in [6.07, 6.45) is 6.90. The van der Waals surface area contributed by atoms with Crippen LogP contribution in [0.25, 0.3) is 0 Å². The maximum atomic E-state index is 6.64. The third kappa shape index (κ3) is 3.42. The van der Waals surface area contributed by atoms with Crippen LogP contribution >= 0.6 is 23.4 Å². The van der Waals surface area contributed by atoms with Gasteiger partial charge in [0.05, 0.1) is 22.5 Å². The molecule has 2 aromatic heterocycles. The van der Waals surface area contributed by atoms with Crippen LogP contribution in [-0.4, -0.2) is 25.2 Å². The minimum Gasteiger partial charge on any atom is -0.258 e. The highest BCUT2D eigenvalue weighted by Crippen LogP contribution is 2.39. The molecule has 19 heavy (non-hydrogen) atoms. The van der Waals surface area contributed by atoms with Crippen LogP contribution in [0.4, 0.5) is 0 Å². The first-order chi connectivity index (χ1) is 9.00. The van der Waals surface area contributed by atoms with Crippen LogP contribution in [0, 0.1) is 6.92 Å². The molecule has 0 fully saturated rings. The normalized spacial score (nSPS) is 15.8. The van der Waals surface area contributed by atoms with E-state index in [1.54, 1.807) is 30.9 Å². The average Bonchev–Trinajstić information content (AvgIpc) is 2.40. The molecule has 0 bridgehead atoms. The van der Waals surface area contributed by atoms with Crippen molar-refractivity contribution in [2.45, 2.75) is 36.1 Å². The number of alkyl halides is 1. The molecule has 0 aromatic carbocycles. The van der Waals surface area contributed by atoms with E-state index in [1.807, 2.05) is 20.8 Å². The van der Waals surface area contributed by atoms with E-state index >= 15 is 0 Å². The molecule has 2 heterocycles. The van der Waals surface area contributed by atoms with Crippen molar-refractivity contribution in [3.8, 4) is 0 Å². The van der Waals surface area contributed by atoms with E-state index in [2.05, 4.69) is 19.9 Å². The van der Waals surface area contributed by atoms with Crippen LogP contribution in [-0.2, 0) is 4.87 Å². The summed E-state index contributed by atoms with van der Waals surface area (Å²) in [6, 6.07) is 1.79. The Morgan fingerprint density at radius 3 is 2.42 bits per heavy atom. The van der Waals surface area contributed by atoms with Crippen molar-refractivity contribution in [1.82, 2.24) is 19.9 Å². The first-order valence-electron chi connectivity index (χ1n) is 5.92. The molecule has 0 aliphatic carbocycles. The van der Waals surface area contributed by atoms with Crippen molar-refractivity contribution in [2.24, 2.45) is 0 Å². The minimum atomic E-state index is -0.620. The quantitative estimate of drug-likeness (QED) is 0.492. The fourth-order valence-corrected chi connectivity index (χ4v) is 2.60. The van der Waals surface area contributed by atoms with Gasteiger partial charge in [0.1, 0.15) is 0 Å². The average molecular weight is 295 g/mol. The SMILES string of the molecule is Cc1cnc(C(C)(Cl)C(C)Sc2ncccn2)cn1. The lowest BCUT2D eigenvalue weighted by molar-refractivity contribution is 0.636. The maximum Gasteiger partial charge on any atom is 0.187 e. The van der Waals surface area contributed by atoms with E-state index in [0.717, 1.165) is 11.4 Å². The third-order valence-electron chi connectivity index (χ3n) is 2.87. The van der Waals surface area contributed by atoms with Gasteiger partial charge in [0.25, 0.3) is 0 Å². The molecule has 4 nitrogen and oxygen atoms in total. The first-order valence-corrected chi connectivity index (χ1v) is 7.17. The van der Waals surface area contributed by atoms with Crippen molar-refractivity contribution in [3.63, 3.8) is 0 Å². The second kappa shape index (κ2) is 5.84. The predicted octanol–water partition coefficient (Wildman–Crippen LogP) is 3.21. The van der Waals surface area contributed by atoms with Crippen molar-refractivity contribution in [2.75, 3.05) is 0 Å². The summed E-state index contributed by atoms with van der Waals surface area (Å²) in [5.41, 5.74) is 1.64. The smallest absolute Gasteiger partial charge is 0.187 e. The van der Waals surface area contributed by atoms with E-state index < -0.39 is 4.87 Å². The Morgan fingerprint density at radius 1 is 1.16 bits per heavy atom. The first kappa shape index (κ1) is 14.2. The fraction of sp³-hybridized carbons (Fsp3) is 0.385. The second-order valence-electron chi connectivity index (χ2n) is 4.41. The molecular formula is C13H15ClN4S. The fourth-order valence-electron chi connectivity index (χ4n) is 1.47. The van der Waals surface area contributed by atoms with Crippen LogP contribution in [0.5, 0.6) is 0 Å². The minimum absolute atomic E-state index is 0.0635. The molecule has 2 unspecified atom stereocenters. The third-order valence-corrected chi connectivity index (χ3v) is 4.77. The lowest BCUT2D eigenvalue weighted by Crippen LogP contribution is -2.27. The molecule has 0 radical (unpaired) electrons. The van der Waals surface area contributed by atoms with Gasteiger partial charge in [-0.05, 0) is 19.9 Å². The number of rotatable bonds is 4. The zero-order valence-electron chi connectivity index (χ0n) is 11.0. The largest absolute Gasteiger partial charge is 0.258 e. The van der Waals surface area contributed by atoms with E-state index in [4.69, 9.17) is 11.6 Å². The number of aromatic nitrogens is 4. The standard InChI is InChI=1S/C13H15ClN4S/c1-9-7-18-11(8-17-9)13(3,14)10(2)19-12-15-5-4-6-16-12/h4-8,10H,1-3H3. The Balaban J connectivity index is 2.17. The van der Waals surface area contributed by atoms with Crippen LogP contribution < -0.4 is 0 Å². The summed E-state index contributed by atoms with van der Waals surface area (Å²) in [5, 5.41) is 0.774. The van der Waals surface area contributed by atoms with Crippen LogP contribution in [0.1, 0.15) is 25.2 Å². The molecule has 0 N–H and O–H groups in total. The van der Waals surface area contributed by atoms with Gasteiger partial charge >= 0.3 is 0 Å². The summed E-state index contributed by atoms with van der Waals surface area (Å²) in [4.78, 5) is 16.4. The van der Waals surface area contributed by atoms with Crippen molar-refractivity contribution in [3.05, 3.63) is 42.2 Å². The summed E-state index contributed by atoms with van der Waals surface area (Å²) in [5.74, 6) is 0. The van der Waals surface area contributed by atoms with Gasteiger partial charge in [-0.15, -0.1) is 11.6 Å². The number of nitrogens with zero attached hydrogens (tertiary/aromatic N) is 4. The summed E-state index contributed by atoms with van der Waals surface area (Å²) >= 11 is 8.16. The Bertz CT molecular complexity index is 530. The predicted molar refractivity (Wildman–Crippen MR) is 77.3 cm³/mol. The lowest BCUT2D eigenvalue weighted by atomic mass is 10.0. The Morgan fingerprint density at radius 2 is 1.84 bits per heavy atom. The molecule has 0 aliphatic heterocycles. The summed E-state index contributed by atoms with van der Waals surface area (Å²) in [6.45, 7) is 5.88. The van der Waals surface area contributed by atoms with Crippen molar-refractivity contribution in [1.29, 1.82) is 0 Å². The zero-order chi connectivity index (χ0) is 13.9. The van der Waals surface area contributed by atoms with E-state index in [0.29, 0.717) is 5.16 Å². The highest BCUT2D eigenvalue weighted by molar-refractivity contribution is 7.99. The van der Waals surface area contributed by atoms with E-state index in [9.17, 15) is 0 Å². The van der Waals surface area contributed by atoms with E-state index in [-0.39, 0.29) is 5.25 Å². The van der Waals surface area contributed by atoms with Crippen LogP contribution in [0.2, 0.25) is 0 Å². The molecule has 2 atom stereocenters. The van der Waals surface area contributed by atoms with Crippen molar-refractivity contribution >= 4 is 23.4 Å². The van der Waals surface area contributed by atoms with Gasteiger partial charge in [0, 0.05) is 23.8 Å². The van der Waals surface area contributed by atoms with Gasteiger partial charge < -0.3 is 0 Å². The Labute approximate surface area is 122 Å². The zero-order valence-corrected chi connectivity index (χ0v) is 12.6. The molecule has 0 spiro atoms. The molecule has 0 amide bonds. The van der Waals surface area contributed by atoms with Gasteiger partial charge in [0.2, 0.25) is 0 Å².